The van der Waals surface area contributed by atoms with Crippen molar-refractivity contribution in [2.45, 2.75) is 57.8 Å². The number of fused-ring (bicyclic) bond motifs is 1. The lowest BCUT2D eigenvalue weighted by atomic mass is 9.86. The Morgan fingerprint density at radius 1 is 1.14 bits per heavy atom. The Kier molecular flexibility index (Phi) is 6.74. The maximum absolute atomic E-state index is 10.7. The zero-order valence-electron chi connectivity index (χ0n) is 16.7. The molecule has 0 spiro atoms. The number of rotatable bonds is 8. The van der Waals surface area contributed by atoms with Crippen molar-refractivity contribution in [3.8, 4) is 5.75 Å². The molecule has 0 atom stereocenters. The molecule has 1 heterocycles. The topological polar surface area (TPSA) is 29.5 Å². The molecule has 1 aromatic rings. The van der Waals surface area contributed by atoms with Crippen LogP contribution in [0.4, 0.5) is 0 Å². The van der Waals surface area contributed by atoms with Crippen molar-refractivity contribution in [1.29, 1.82) is 0 Å². The van der Waals surface area contributed by atoms with E-state index >= 15 is 0 Å². The van der Waals surface area contributed by atoms with Gasteiger partial charge in [-0.05, 0) is 66.5 Å². The van der Waals surface area contributed by atoms with Gasteiger partial charge in [0.1, 0.15) is 5.75 Å². The molecule has 1 saturated carbocycles. The highest BCUT2D eigenvalue weighted by Crippen LogP contribution is 2.37. The highest BCUT2D eigenvalue weighted by Gasteiger charge is 2.29. The monoisotopic (exact) mass is 400 g/mol. The van der Waals surface area contributed by atoms with Crippen LogP contribution in [-0.2, 0) is 11.2 Å². The van der Waals surface area contributed by atoms with Crippen LogP contribution in [0.3, 0.4) is 0 Å². The Morgan fingerprint density at radius 3 is 2.75 bits per heavy atom. The Balaban J connectivity index is 1.28. The number of carbonyl (C=O) groups excluding carboxylic acids is 1. The van der Waals surface area contributed by atoms with Crippen LogP contribution >= 0.6 is 11.6 Å². The summed E-state index contributed by atoms with van der Waals surface area (Å²) in [6.07, 6.45) is 13.6. The molecular formula is C24H31ClNO2. The summed E-state index contributed by atoms with van der Waals surface area (Å²) in [6.45, 7) is 3.32. The molecule has 1 aliphatic heterocycles. The molecule has 0 bridgehead atoms. The second-order valence-electron chi connectivity index (χ2n) is 8.74. The zero-order valence-corrected chi connectivity index (χ0v) is 17.5. The quantitative estimate of drug-likeness (QED) is 0.550. The van der Waals surface area contributed by atoms with Crippen molar-refractivity contribution in [3.05, 3.63) is 34.9 Å². The second kappa shape index (κ2) is 9.45. The molecule has 4 heteroatoms. The molecule has 0 N–H and O–H groups in total. The van der Waals surface area contributed by atoms with Gasteiger partial charge in [0, 0.05) is 24.7 Å². The highest BCUT2D eigenvalue weighted by molar-refractivity contribution is 6.49. The van der Waals surface area contributed by atoms with E-state index in [1.165, 1.54) is 49.7 Å². The fraction of sp³-hybridized carbons (Fsp3) is 0.625. The number of hydrogen-bond donors (Lipinski definition) is 0. The number of likely N-dealkylation sites (tertiary alicyclic amines) is 1. The van der Waals surface area contributed by atoms with Gasteiger partial charge in [-0.1, -0.05) is 43.7 Å². The van der Waals surface area contributed by atoms with Gasteiger partial charge < -0.3 is 4.74 Å². The molecule has 0 aromatic heterocycles. The average molecular weight is 401 g/mol. The van der Waals surface area contributed by atoms with Crippen molar-refractivity contribution in [1.82, 2.24) is 4.90 Å². The van der Waals surface area contributed by atoms with Crippen LogP contribution in [0.5, 0.6) is 5.75 Å². The maximum atomic E-state index is 10.7. The van der Waals surface area contributed by atoms with Crippen molar-refractivity contribution >= 4 is 22.9 Å². The number of ether oxygens (including phenoxy) is 1. The van der Waals surface area contributed by atoms with Crippen molar-refractivity contribution in [2.24, 2.45) is 11.8 Å². The Labute approximate surface area is 174 Å². The molecule has 2 fully saturated rings. The van der Waals surface area contributed by atoms with Crippen LogP contribution in [0.25, 0.3) is 5.03 Å². The van der Waals surface area contributed by atoms with Gasteiger partial charge >= 0.3 is 0 Å². The smallest absolute Gasteiger partial charge is 0.204 e. The van der Waals surface area contributed by atoms with E-state index in [1.54, 1.807) is 0 Å². The van der Waals surface area contributed by atoms with Gasteiger partial charge in [0.05, 0.1) is 12.5 Å². The summed E-state index contributed by atoms with van der Waals surface area (Å²) in [6, 6.07) is 6.35. The molecule has 4 rings (SSSR count). The van der Waals surface area contributed by atoms with Crippen LogP contribution < -0.4 is 4.74 Å². The molecule has 151 valence electrons. The van der Waals surface area contributed by atoms with E-state index in [1.807, 2.05) is 0 Å². The van der Waals surface area contributed by atoms with E-state index in [0.29, 0.717) is 0 Å². The Bertz CT molecular complexity index is 717. The van der Waals surface area contributed by atoms with Crippen LogP contribution in [0.2, 0.25) is 0 Å². The summed E-state index contributed by atoms with van der Waals surface area (Å²) in [5, 5.41) is 0.892. The third kappa shape index (κ3) is 4.80. The SMILES string of the molecule is O=[C]C1CN(CC2=C(Cl)c3ccc(OCCCC4CCCCC4)cc3CC2)C1. The molecule has 3 nitrogen and oxygen atoms in total. The van der Waals surface area contributed by atoms with Crippen molar-refractivity contribution in [2.75, 3.05) is 26.2 Å². The number of hydrogen-bond acceptors (Lipinski definition) is 3. The summed E-state index contributed by atoms with van der Waals surface area (Å²) >= 11 is 6.71. The first-order valence-electron chi connectivity index (χ1n) is 11.0. The fourth-order valence-electron chi connectivity index (χ4n) is 4.90. The lowest BCUT2D eigenvalue weighted by Gasteiger charge is -2.37. The van der Waals surface area contributed by atoms with Crippen LogP contribution in [0.1, 0.15) is 62.5 Å². The molecule has 1 saturated heterocycles. The van der Waals surface area contributed by atoms with Gasteiger partial charge in [0.2, 0.25) is 6.29 Å². The van der Waals surface area contributed by atoms with Gasteiger partial charge in [-0.2, -0.15) is 0 Å². The molecular weight excluding hydrogens is 370 g/mol. The first-order valence-corrected chi connectivity index (χ1v) is 11.3. The lowest BCUT2D eigenvalue weighted by Crippen LogP contribution is -2.48. The Hall–Kier alpha value is -1.32. The number of nitrogens with zero attached hydrogens (tertiary/aromatic N) is 1. The standard InChI is InChI=1S/C24H31ClNO2/c25-24-21(16-26-14-19(15-26)17-27)9-8-20-13-22(10-11-23(20)24)28-12-4-7-18-5-2-1-3-6-18/h10-11,13,18-19H,1-9,12,14-16H2. The number of aryl methyl sites for hydroxylation is 1. The summed E-state index contributed by atoms with van der Waals surface area (Å²) in [5.74, 6) is 1.99. The molecule has 28 heavy (non-hydrogen) atoms. The van der Waals surface area contributed by atoms with Crippen molar-refractivity contribution in [3.63, 3.8) is 0 Å². The van der Waals surface area contributed by atoms with Crippen LogP contribution in [-0.4, -0.2) is 37.4 Å². The highest BCUT2D eigenvalue weighted by atomic mass is 35.5. The summed E-state index contributed by atoms with van der Waals surface area (Å²) in [4.78, 5) is 12.9. The Morgan fingerprint density at radius 2 is 1.96 bits per heavy atom. The lowest BCUT2D eigenvalue weighted by molar-refractivity contribution is 0.153. The van der Waals surface area contributed by atoms with E-state index in [4.69, 9.17) is 16.3 Å². The molecule has 3 aliphatic rings. The molecule has 1 radical (unpaired) electrons. The third-order valence-electron chi connectivity index (χ3n) is 6.61. The third-order valence-corrected chi connectivity index (χ3v) is 7.08. The predicted octanol–water partition coefficient (Wildman–Crippen LogP) is 5.36. The summed E-state index contributed by atoms with van der Waals surface area (Å²) in [7, 11) is 0. The second-order valence-corrected chi connectivity index (χ2v) is 9.12. The molecule has 2 aliphatic carbocycles. The van der Waals surface area contributed by atoms with Gasteiger partial charge in [-0.15, -0.1) is 0 Å². The average Bonchev–Trinajstić information content (AvgIpc) is 2.70. The minimum Gasteiger partial charge on any atom is -0.494 e. The minimum atomic E-state index is 0.0908. The van der Waals surface area contributed by atoms with E-state index < -0.39 is 0 Å². The van der Waals surface area contributed by atoms with Gasteiger partial charge in [0.15, 0.2) is 0 Å². The number of halogens is 1. The van der Waals surface area contributed by atoms with E-state index in [2.05, 4.69) is 29.4 Å². The number of benzene rings is 1. The normalized spacial score (nSPS) is 21.3. The van der Waals surface area contributed by atoms with Crippen molar-refractivity contribution < 1.29 is 9.53 Å². The zero-order chi connectivity index (χ0) is 19.3. The fourth-order valence-corrected chi connectivity index (χ4v) is 5.23. The molecule has 0 amide bonds. The molecule has 0 unspecified atom stereocenters. The van der Waals surface area contributed by atoms with E-state index in [-0.39, 0.29) is 5.92 Å². The predicted molar refractivity (Wildman–Crippen MR) is 114 cm³/mol. The summed E-state index contributed by atoms with van der Waals surface area (Å²) in [5.41, 5.74) is 3.73. The van der Waals surface area contributed by atoms with E-state index in [0.717, 1.165) is 67.8 Å². The first kappa shape index (κ1) is 20.0. The van der Waals surface area contributed by atoms with E-state index in [9.17, 15) is 4.79 Å². The first-order chi connectivity index (χ1) is 13.7. The van der Waals surface area contributed by atoms with Gasteiger partial charge in [-0.3, -0.25) is 9.69 Å². The van der Waals surface area contributed by atoms with Gasteiger partial charge in [-0.25, -0.2) is 0 Å². The molecule has 1 aromatic carbocycles. The van der Waals surface area contributed by atoms with Crippen LogP contribution in [0.15, 0.2) is 23.8 Å². The van der Waals surface area contributed by atoms with Crippen LogP contribution in [0, 0.1) is 11.8 Å². The maximum Gasteiger partial charge on any atom is 0.204 e. The minimum absolute atomic E-state index is 0.0908. The van der Waals surface area contributed by atoms with Gasteiger partial charge in [0.25, 0.3) is 0 Å². The summed E-state index contributed by atoms with van der Waals surface area (Å²) < 4.78 is 6.04. The largest absolute Gasteiger partial charge is 0.494 e.